The smallest absolute Gasteiger partial charge is 0.416 e. The van der Waals surface area contributed by atoms with Crippen LogP contribution in [-0.2, 0) is 11.6 Å². The molecule has 1 saturated heterocycles. The summed E-state index contributed by atoms with van der Waals surface area (Å²) >= 11 is 1.08. The first-order chi connectivity index (χ1) is 15.3. The van der Waals surface area contributed by atoms with E-state index in [1.54, 1.807) is 6.26 Å². The molecule has 3 rings (SSSR count). The van der Waals surface area contributed by atoms with Crippen LogP contribution in [0.2, 0.25) is 0 Å². The van der Waals surface area contributed by atoms with Crippen molar-refractivity contribution in [3.8, 4) is 5.75 Å². The summed E-state index contributed by atoms with van der Waals surface area (Å²) in [6.45, 7) is 5.13. The van der Waals surface area contributed by atoms with E-state index in [1.165, 1.54) is 32.2 Å². The van der Waals surface area contributed by atoms with Crippen LogP contribution >= 0.6 is 11.8 Å². The third-order valence-corrected chi connectivity index (χ3v) is 6.41. The number of hydrogen-bond acceptors (Lipinski definition) is 4. The molecule has 0 unspecified atom stereocenters. The summed E-state index contributed by atoms with van der Waals surface area (Å²) in [4.78, 5) is 13.8. The standard InChI is InChI=1S/C13H17F2N.C11H11F3O2S/c1-13(6-3-7-16(2)9-13)11-8-10(14)4-5-12(11)15;1-6(15)10-8(16-2)4-7(11(12,13)14)5-9(10)17-3/h4-5,8H,3,6-7,9H2,1-2H3;4-5H,1-3H3/t13-;/m1./s1. The Hall–Kier alpha value is -2.13. The fourth-order valence-corrected chi connectivity index (χ4v) is 4.79. The topological polar surface area (TPSA) is 29.5 Å². The van der Waals surface area contributed by atoms with E-state index in [2.05, 4.69) is 4.90 Å². The number of halogens is 5. The number of nitrogens with zero attached hydrogens (tertiary/aromatic N) is 1. The molecule has 0 N–H and O–H groups in total. The first-order valence-corrected chi connectivity index (χ1v) is 11.5. The van der Waals surface area contributed by atoms with E-state index in [1.807, 2.05) is 14.0 Å². The number of carbonyl (C=O) groups excluding carboxylic acids is 1. The van der Waals surface area contributed by atoms with Gasteiger partial charge in [0.1, 0.15) is 17.4 Å². The SMILES string of the molecule is CN1CCC[C@@](C)(c2cc(F)ccc2F)C1.COc1cc(C(F)(F)F)cc(SC)c1C(C)=O. The highest BCUT2D eigenvalue weighted by Gasteiger charge is 2.34. The van der Waals surface area contributed by atoms with Crippen molar-refractivity contribution in [2.24, 2.45) is 0 Å². The van der Waals surface area contributed by atoms with Gasteiger partial charge in [-0.25, -0.2) is 8.78 Å². The third kappa shape index (κ3) is 6.69. The van der Waals surface area contributed by atoms with Gasteiger partial charge in [0.25, 0.3) is 0 Å². The highest BCUT2D eigenvalue weighted by molar-refractivity contribution is 7.98. The van der Waals surface area contributed by atoms with Crippen molar-refractivity contribution >= 4 is 17.5 Å². The number of Topliss-reactive ketones (excluding diaryl/α,β-unsaturated/α-hetero) is 1. The molecule has 0 radical (unpaired) electrons. The van der Waals surface area contributed by atoms with Crippen LogP contribution in [0.1, 0.15) is 48.2 Å². The number of hydrogen-bond donors (Lipinski definition) is 0. The van der Waals surface area contributed by atoms with Crippen molar-refractivity contribution in [3.63, 3.8) is 0 Å². The second-order valence-electron chi connectivity index (χ2n) is 8.34. The van der Waals surface area contributed by atoms with Gasteiger partial charge >= 0.3 is 6.18 Å². The van der Waals surface area contributed by atoms with Crippen LogP contribution in [0.3, 0.4) is 0 Å². The molecule has 3 nitrogen and oxygen atoms in total. The van der Waals surface area contributed by atoms with E-state index >= 15 is 0 Å². The van der Waals surface area contributed by atoms with E-state index in [-0.39, 0.29) is 39.0 Å². The van der Waals surface area contributed by atoms with Gasteiger partial charge in [-0.3, -0.25) is 4.79 Å². The van der Waals surface area contributed by atoms with E-state index in [4.69, 9.17) is 4.74 Å². The Morgan fingerprint density at radius 3 is 2.36 bits per heavy atom. The first-order valence-electron chi connectivity index (χ1n) is 10.3. The van der Waals surface area contributed by atoms with E-state index in [0.717, 1.165) is 49.8 Å². The molecule has 2 aromatic rings. The van der Waals surface area contributed by atoms with Crippen molar-refractivity contribution in [2.75, 3.05) is 33.5 Å². The van der Waals surface area contributed by atoms with Crippen LogP contribution in [0.25, 0.3) is 0 Å². The summed E-state index contributed by atoms with van der Waals surface area (Å²) in [5, 5.41) is 0. The van der Waals surface area contributed by atoms with Crippen LogP contribution in [0.5, 0.6) is 5.75 Å². The molecule has 33 heavy (non-hydrogen) atoms. The third-order valence-electron chi connectivity index (χ3n) is 5.65. The Labute approximate surface area is 195 Å². The summed E-state index contributed by atoms with van der Waals surface area (Å²) in [7, 11) is 3.26. The molecule has 1 heterocycles. The number of rotatable bonds is 4. The van der Waals surface area contributed by atoms with E-state index in [9.17, 15) is 26.7 Å². The summed E-state index contributed by atoms with van der Waals surface area (Å²) in [6, 6.07) is 5.55. The number of methoxy groups -OCH3 is 1. The zero-order valence-corrected chi connectivity index (χ0v) is 20.1. The van der Waals surface area contributed by atoms with Crippen molar-refractivity contribution in [3.05, 3.63) is 58.7 Å². The molecule has 0 amide bonds. The maximum Gasteiger partial charge on any atom is 0.416 e. The van der Waals surface area contributed by atoms with Gasteiger partial charge in [-0.15, -0.1) is 11.8 Å². The lowest BCUT2D eigenvalue weighted by Crippen LogP contribution is -2.42. The number of benzene rings is 2. The fraction of sp³-hybridized carbons (Fsp3) is 0.458. The zero-order chi connectivity index (χ0) is 25.0. The predicted molar refractivity (Wildman–Crippen MR) is 120 cm³/mol. The Balaban J connectivity index is 0.000000234. The van der Waals surface area contributed by atoms with Crippen molar-refractivity contribution in [1.82, 2.24) is 4.90 Å². The zero-order valence-electron chi connectivity index (χ0n) is 19.3. The molecule has 0 saturated carbocycles. The summed E-state index contributed by atoms with van der Waals surface area (Å²) < 4.78 is 69.6. The molecular formula is C24H28F5NO2S. The summed E-state index contributed by atoms with van der Waals surface area (Å²) in [5.41, 5.74) is -0.380. The molecule has 9 heteroatoms. The van der Waals surface area contributed by atoms with Gasteiger partial charge in [-0.1, -0.05) is 6.92 Å². The molecule has 1 atom stereocenters. The van der Waals surface area contributed by atoms with Gasteiger partial charge in [-0.2, -0.15) is 13.2 Å². The van der Waals surface area contributed by atoms with Crippen LogP contribution in [-0.4, -0.2) is 44.2 Å². The second kappa shape index (κ2) is 10.9. The number of alkyl halides is 3. The van der Waals surface area contributed by atoms with Gasteiger partial charge in [0.05, 0.1) is 18.2 Å². The van der Waals surface area contributed by atoms with Crippen molar-refractivity contribution < 1.29 is 31.5 Å². The van der Waals surface area contributed by atoms with Gasteiger partial charge < -0.3 is 9.64 Å². The Bertz CT molecular complexity index is 970. The lowest BCUT2D eigenvalue weighted by Gasteiger charge is -2.39. The van der Waals surface area contributed by atoms with Crippen LogP contribution < -0.4 is 4.74 Å². The number of likely N-dealkylation sites (N-methyl/N-ethyl adjacent to an activating group) is 1. The molecule has 0 aromatic heterocycles. The van der Waals surface area contributed by atoms with Crippen LogP contribution in [0, 0.1) is 11.6 Å². The number of carbonyl (C=O) groups is 1. The average Bonchev–Trinajstić information content (AvgIpc) is 2.73. The monoisotopic (exact) mass is 489 g/mol. The summed E-state index contributed by atoms with van der Waals surface area (Å²) in [6.07, 6.45) is -0.894. The minimum absolute atomic E-state index is 0.0447. The minimum Gasteiger partial charge on any atom is -0.496 e. The van der Waals surface area contributed by atoms with Crippen molar-refractivity contribution in [1.29, 1.82) is 0 Å². The maximum atomic E-state index is 13.7. The normalized spacial score (nSPS) is 19.0. The van der Waals surface area contributed by atoms with Gasteiger partial charge in [0, 0.05) is 16.9 Å². The van der Waals surface area contributed by atoms with Gasteiger partial charge in [0.15, 0.2) is 5.78 Å². The molecule has 0 bridgehead atoms. The molecule has 2 aromatic carbocycles. The Morgan fingerprint density at radius 2 is 1.85 bits per heavy atom. The number of likely N-dealkylation sites (tertiary alicyclic amines) is 1. The number of piperidine rings is 1. The lowest BCUT2D eigenvalue weighted by atomic mass is 9.76. The fourth-order valence-electron chi connectivity index (χ4n) is 4.10. The van der Waals surface area contributed by atoms with Crippen LogP contribution in [0.4, 0.5) is 22.0 Å². The maximum absolute atomic E-state index is 13.7. The number of ketones is 1. The lowest BCUT2D eigenvalue weighted by molar-refractivity contribution is -0.137. The molecule has 1 aliphatic heterocycles. The molecule has 0 aliphatic carbocycles. The van der Waals surface area contributed by atoms with Crippen molar-refractivity contribution in [2.45, 2.75) is 43.2 Å². The first kappa shape index (κ1) is 27.1. The molecular weight excluding hydrogens is 461 g/mol. The minimum atomic E-state index is -4.45. The van der Waals surface area contributed by atoms with E-state index in [0.29, 0.717) is 5.56 Å². The number of thioether (sulfide) groups is 1. The molecule has 1 aliphatic rings. The highest BCUT2D eigenvalue weighted by Crippen LogP contribution is 2.38. The molecule has 0 spiro atoms. The van der Waals surface area contributed by atoms with Gasteiger partial charge in [0.2, 0.25) is 0 Å². The Morgan fingerprint density at radius 1 is 1.18 bits per heavy atom. The second-order valence-corrected chi connectivity index (χ2v) is 9.18. The van der Waals surface area contributed by atoms with Gasteiger partial charge in [-0.05, 0) is 75.5 Å². The quantitative estimate of drug-likeness (QED) is 0.275. The largest absolute Gasteiger partial charge is 0.496 e. The van der Waals surface area contributed by atoms with E-state index < -0.39 is 11.7 Å². The summed E-state index contributed by atoms with van der Waals surface area (Å²) in [5.74, 6) is -1.01. The predicted octanol–water partition coefficient (Wildman–Crippen LogP) is 6.59. The average molecular weight is 490 g/mol. The Kier molecular flexibility index (Phi) is 8.93. The number of ether oxygens (including phenoxy) is 1. The van der Waals surface area contributed by atoms with Crippen LogP contribution in [0.15, 0.2) is 35.2 Å². The molecule has 182 valence electrons. The highest BCUT2D eigenvalue weighted by atomic mass is 32.2. The molecule has 1 fully saturated rings.